The fourth-order valence-corrected chi connectivity index (χ4v) is 3.56. The molecule has 0 unspecified atom stereocenters. The summed E-state index contributed by atoms with van der Waals surface area (Å²) in [5, 5.41) is 5.44. The van der Waals surface area contributed by atoms with Crippen LogP contribution in [0.3, 0.4) is 0 Å². The van der Waals surface area contributed by atoms with Gasteiger partial charge in [0.15, 0.2) is 10.3 Å². The van der Waals surface area contributed by atoms with Gasteiger partial charge < -0.3 is 4.90 Å². The van der Waals surface area contributed by atoms with Crippen LogP contribution in [0.15, 0.2) is 16.0 Å². The summed E-state index contributed by atoms with van der Waals surface area (Å²) < 4.78 is 0. The fourth-order valence-electron chi connectivity index (χ4n) is 2.39. The molecule has 122 valence electrons. The van der Waals surface area contributed by atoms with Crippen molar-refractivity contribution in [2.24, 2.45) is 5.10 Å². The maximum absolute atomic E-state index is 11.4. The zero-order valence-corrected chi connectivity index (χ0v) is 14.2. The summed E-state index contributed by atoms with van der Waals surface area (Å²) in [7, 11) is 0. The van der Waals surface area contributed by atoms with Crippen LogP contribution in [0.2, 0.25) is 5.15 Å². The van der Waals surface area contributed by atoms with Gasteiger partial charge in [0.25, 0.3) is 5.56 Å². The van der Waals surface area contributed by atoms with Crippen molar-refractivity contribution < 1.29 is 0 Å². The van der Waals surface area contributed by atoms with Crippen LogP contribution in [-0.2, 0) is 0 Å². The molecule has 1 fully saturated rings. The SMILES string of the molecule is Cc1cc(=O)[nH]c(N/N=C\c2sc(N3CCCCC3)nc2Cl)n1. The molecule has 1 saturated heterocycles. The van der Waals surface area contributed by atoms with E-state index in [4.69, 9.17) is 11.6 Å². The normalized spacial score (nSPS) is 15.3. The first-order valence-corrected chi connectivity index (χ1v) is 8.59. The van der Waals surface area contributed by atoms with E-state index in [1.165, 1.54) is 36.7 Å². The Balaban J connectivity index is 1.69. The summed E-state index contributed by atoms with van der Waals surface area (Å²) in [6.07, 6.45) is 5.24. The maximum Gasteiger partial charge on any atom is 0.252 e. The zero-order chi connectivity index (χ0) is 16.2. The van der Waals surface area contributed by atoms with E-state index >= 15 is 0 Å². The minimum atomic E-state index is -0.224. The fraction of sp³-hybridized carbons (Fsp3) is 0.429. The van der Waals surface area contributed by atoms with Crippen molar-refractivity contribution >= 4 is 40.2 Å². The summed E-state index contributed by atoms with van der Waals surface area (Å²) in [5.74, 6) is 0.295. The first-order chi connectivity index (χ1) is 11.1. The van der Waals surface area contributed by atoms with E-state index < -0.39 is 0 Å². The van der Waals surface area contributed by atoms with Crippen LogP contribution in [0.5, 0.6) is 0 Å². The summed E-state index contributed by atoms with van der Waals surface area (Å²) in [6, 6.07) is 1.42. The third-order valence-electron chi connectivity index (χ3n) is 3.45. The predicted octanol–water partition coefficient (Wildman–Crippen LogP) is 2.62. The number of hydrogen-bond donors (Lipinski definition) is 2. The van der Waals surface area contributed by atoms with E-state index in [2.05, 4.69) is 30.4 Å². The number of hydrogen-bond acceptors (Lipinski definition) is 7. The van der Waals surface area contributed by atoms with Crippen LogP contribution in [0.25, 0.3) is 0 Å². The van der Waals surface area contributed by atoms with Crippen molar-refractivity contribution in [3.8, 4) is 0 Å². The molecule has 1 aliphatic heterocycles. The molecular formula is C14H17ClN6OS. The highest BCUT2D eigenvalue weighted by molar-refractivity contribution is 7.17. The summed E-state index contributed by atoms with van der Waals surface area (Å²) >= 11 is 7.69. The van der Waals surface area contributed by atoms with Gasteiger partial charge in [0.05, 0.1) is 11.1 Å². The number of nitrogens with zero attached hydrogens (tertiary/aromatic N) is 4. The van der Waals surface area contributed by atoms with Gasteiger partial charge in [-0.05, 0) is 26.2 Å². The Morgan fingerprint density at radius 3 is 2.91 bits per heavy atom. The Bertz CT molecular complexity index is 765. The third kappa shape index (κ3) is 4.08. The molecule has 2 aromatic rings. The molecule has 0 aliphatic carbocycles. The van der Waals surface area contributed by atoms with Crippen LogP contribution < -0.4 is 15.9 Å². The summed E-state index contributed by atoms with van der Waals surface area (Å²) in [4.78, 5) is 25.5. The molecule has 0 atom stereocenters. The second-order valence-corrected chi connectivity index (χ2v) is 6.67. The molecule has 7 nitrogen and oxygen atoms in total. The zero-order valence-electron chi connectivity index (χ0n) is 12.7. The van der Waals surface area contributed by atoms with E-state index in [-0.39, 0.29) is 5.56 Å². The lowest BCUT2D eigenvalue weighted by atomic mass is 10.1. The van der Waals surface area contributed by atoms with Gasteiger partial charge in [-0.25, -0.2) is 15.4 Å². The Labute approximate surface area is 142 Å². The lowest BCUT2D eigenvalue weighted by molar-refractivity contribution is 0.577. The van der Waals surface area contributed by atoms with Crippen LogP contribution in [0.4, 0.5) is 11.1 Å². The predicted molar refractivity (Wildman–Crippen MR) is 94.0 cm³/mol. The molecule has 0 amide bonds. The van der Waals surface area contributed by atoms with E-state index in [9.17, 15) is 4.79 Å². The smallest absolute Gasteiger partial charge is 0.252 e. The number of H-pyrrole nitrogens is 1. The van der Waals surface area contributed by atoms with E-state index in [0.717, 1.165) is 23.1 Å². The van der Waals surface area contributed by atoms with E-state index in [1.54, 1.807) is 13.1 Å². The number of thiazole rings is 1. The third-order valence-corrected chi connectivity index (χ3v) is 4.90. The quantitative estimate of drug-likeness (QED) is 0.652. The monoisotopic (exact) mass is 352 g/mol. The maximum atomic E-state index is 11.4. The van der Waals surface area contributed by atoms with Gasteiger partial charge in [-0.15, -0.1) is 0 Å². The number of nitrogens with one attached hydrogen (secondary N) is 2. The molecule has 0 saturated carbocycles. The van der Waals surface area contributed by atoms with Crippen molar-refractivity contribution in [3.05, 3.63) is 32.1 Å². The molecule has 23 heavy (non-hydrogen) atoms. The van der Waals surface area contributed by atoms with Crippen LogP contribution >= 0.6 is 22.9 Å². The molecule has 2 N–H and O–H groups in total. The number of hydrazone groups is 1. The van der Waals surface area contributed by atoms with Crippen molar-refractivity contribution in [1.29, 1.82) is 0 Å². The minimum Gasteiger partial charge on any atom is -0.348 e. The van der Waals surface area contributed by atoms with Crippen molar-refractivity contribution in [3.63, 3.8) is 0 Å². The van der Waals surface area contributed by atoms with Gasteiger partial charge >= 0.3 is 0 Å². The number of halogens is 1. The molecule has 3 rings (SSSR count). The van der Waals surface area contributed by atoms with Crippen LogP contribution in [0.1, 0.15) is 29.8 Å². The summed E-state index contributed by atoms with van der Waals surface area (Å²) in [5.41, 5.74) is 3.10. The number of piperidine rings is 1. The topological polar surface area (TPSA) is 86.3 Å². The second kappa shape index (κ2) is 7.10. The molecular weight excluding hydrogens is 336 g/mol. The number of aromatic nitrogens is 3. The molecule has 2 aromatic heterocycles. The minimum absolute atomic E-state index is 0.224. The average Bonchev–Trinajstić information content (AvgIpc) is 2.89. The molecule has 1 aliphatic rings. The van der Waals surface area contributed by atoms with Gasteiger partial charge in [0, 0.05) is 24.8 Å². The van der Waals surface area contributed by atoms with Gasteiger partial charge in [0.1, 0.15) is 0 Å². The molecule has 0 radical (unpaired) electrons. The molecule has 0 aromatic carbocycles. The highest BCUT2D eigenvalue weighted by Gasteiger charge is 2.16. The molecule has 3 heterocycles. The number of rotatable bonds is 4. The lowest BCUT2D eigenvalue weighted by Gasteiger charge is -2.25. The van der Waals surface area contributed by atoms with Gasteiger partial charge in [0.2, 0.25) is 5.95 Å². The molecule has 0 bridgehead atoms. The first-order valence-electron chi connectivity index (χ1n) is 7.40. The first kappa shape index (κ1) is 15.9. The van der Waals surface area contributed by atoms with Crippen molar-refractivity contribution in [1.82, 2.24) is 15.0 Å². The van der Waals surface area contributed by atoms with E-state index in [0.29, 0.717) is 16.8 Å². The van der Waals surface area contributed by atoms with E-state index in [1.807, 2.05) is 0 Å². The van der Waals surface area contributed by atoms with Crippen LogP contribution in [0, 0.1) is 6.92 Å². The largest absolute Gasteiger partial charge is 0.348 e. The number of aromatic amines is 1. The Morgan fingerprint density at radius 1 is 1.39 bits per heavy atom. The summed E-state index contributed by atoms with van der Waals surface area (Å²) in [6.45, 7) is 3.79. The van der Waals surface area contributed by atoms with Crippen molar-refractivity contribution in [2.45, 2.75) is 26.2 Å². The Kier molecular flexibility index (Phi) is 4.92. The highest BCUT2D eigenvalue weighted by atomic mass is 35.5. The van der Waals surface area contributed by atoms with Crippen molar-refractivity contribution in [2.75, 3.05) is 23.4 Å². The van der Waals surface area contributed by atoms with Gasteiger partial charge in [-0.2, -0.15) is 5.10 Å². The highest BCUT2D eigenvalue weighted by Crippen LogP contribution is 2.30. The Hall–Kier alpha value is -1.93. The average molecular weight is 353 g/mol. The number of anilines is 2. The molecule has 0 spiro atoms. The van der Waals surface area contributed by atoms with Crippen LogP contribution in [-0.4, -0.2) is 34.3 Å². The van der Waals surface area contributed by atoms with Gasteiger partial charge in [-0.1, -0.05) is 22.9 Å². The molecule has 9 heteroatoms. The van der Waals surface area contributed by atoms with Gasteiger partial charge in [-0.3, -0.25) is 9.78 Å². The standard InChI is InChI=1S/C14H17ClN6OS/c1-9-7-11(22)18-13(17-9)20-16-8-10-12(15)19-14(23-10)21-5-3-2-4-6-21/h7-8H,2-6H2,1H3,(H2,17,18,20,22)/b16-8-. The second-order valence-electron chi connectivity index (χ2n) is 5.30. The Morgan fingerprint density at radius 2 is 2.17 bits per heavy atom. The lowest BCUT2D eigenvalue weighted by Crippen LogP contribution is -2.29. The number of aryl methyl sites for hydroxylation is 1.